The Labute approximate surface area is 103 Å². The van der Waals surface area contributed by atoms with Crippen LogP contribution in [0.5, 0.6) is 5.75 Å². The zero-order chi connectivity index (χ0) is 13.5. The van der Waals surface area contributed by atoms with Crippen LogP contribution in [0.2, 0.25) is 0 Å². The quantitative estimate of drug-likeness (QED) is 0.622. The Morgan fingerprint density at radius 2 is 1.72 bits per heavy atom. The molecular weight excluding hydrogens is 237 g/mol. The van der Waals surface area contributed by atoms with Crippen LogP contribution in [-0.2, 0) is 0 Å². The number of aryl methyl sites for hydroxylation is 1. The molecular formula is C13H12FNO3. The number of benzene rings is 2. The van der Waals surface area contributed by atoms with E-state index in [-0.39, 0.29) is 0 Å². The number of nitro benzene ring substituents is 1. The molecule has 0 atom stereocenters. The molecule has 0 spiro atoms. The molecule has 2 aromatic carbocycles. The lowest BCUT2D eigenvalue weighted by Crippen LogP contribution is -1.93. The first-order valence-electron chi connectivity index (χ1n) is 5.16. The van der Waals surface area contributed by atoms with E-state index in [0.717, 1.165) is 6.07 Å². The molecule has 0 aliphatic rings. The molecule has 0 saturated heterocycles. The third-order valence-corrected chi connectivity index (χ3v) is 2.12. The molecule has 94 valence electrons. The fourth-order valence-electron chi connectivity index (χ4n) is 1.20. The summed E-state index contributed by atoms with van der Waals surface area (Å²) in [4.78, 5) is 9.41. The molecule has 0 bridgehead atoms. The van der Waals surface area contributed by atoms with Crippen LogP contribution in [0.1, 0.15) is 5.56 Å². The first kappa shape index (κ1) is 13.6. The van der Waals surface area contributed by atoms with Gasteiger partial charge in [-0.15, -0.1) is 0 Å². The van der Waals surface area contributed by atoms with Crippen LogP contribution in [0.4, 0.5) is 10.1 Å². The predicted octanol–water partition coefficient (Wildman–Crippen LogP) is 3.43. The third-order valence-electron chi connectivity index (χ3n) is 2.12. The zero-order valence-corrected chi connectivity index (χ0v) is 9.71. The number of aromatic hydroxyl groups is 1. The highest BCUT2D eigenvalue weighted by Crippen LogP contribution is 2.18. The highest BCUT2D eigenvalue weighted by Gasteiger charge is 2.13. The van der Waals surface area contributed by atoms with Gasteiger partial charge in [-0.1, -0.05) is 30.3 Å². The SMILES string of the molecule is Cc1cccc([N+](=O)[O-])c1F.Oc1ccccc1. The first-order valence-corrected chi connectivity index (χ1v) is 5.16. The van der Waals surface area contributed by atoms with Crippen LogP contribution in [-0.4, -0.2) is 10.0 Å². The van der Waals surface area contributed by atoms with E-state index in [4.69, 9.17) is 5.11 Å². The summed E-state index contributed by atoms with van der Waals surface area (Å²) in [5, 5.41) is 18.8. The van der Waals surface area contributed by atoms with Gasteiger partial charge in [0.05, 0.1) is 4.92 Å². The second kappa shape index (κ2) is 6.34. The van der Waals surface area contributed by atoms with E-state index < -0.39 is 16.4 Å². The molecule has 0 aliphatic heterocycles. The Morgan fingerprint density at radius 3 is 2.11 bits per heavy atom. The van der Waals surface area contributed by atoms with Crippen LogP contribution < -0.4 is 0 Å². The number of phenolic OH excluding ortho intramolecular Hbond substituents is 1. The number of nitro groups is 1. The number of hydrogen-bond donors (Lipinski definition) is 1. The van der Waals surface area contributed by atoms with E-state index in [9.17, 15) is 14.5 Å². The van der Waals surface area contributed by atoms with Crippen LogP contribution in [0.3, 0.4) is 0 Å². The lowest BCUT2D eigenvalue weighted by Gasteiger charge is -1.95. The maximum Gasteiger partial charge on any atom is 0.305 e. The Bertz CT molecular complexity index is 529. The standard InChI is InChI=1S/C7H6FNO2.C6H6O/c1-5-3-2-4-6(7(5)8)9(10)11;7-6-4-2-1-3-5-6/h2-4H,1H3;1-5,7H. The van der Waals surface area contributed by atoms with Crippen LogP contribution >= 0.6 is 0 Å². The van der Waals surface area contributed by atoms with Crippen molar-refractivity contribution in [3.63, 3.8) is 0 Å². The van der Waals surface area contributed by atoms with E-state index >= 15 is 0 Å². The molecule has 4 nitrogen and oxygen atoms in total. The molecule has 0 fully saturated rings. The molecule has 18 heavy (non-hydrogen) atoms. The van der Waals surface area contributed by atoms with Crippen molar-refractivity contribution >= 4 is 5.69 Å². The third kappa shape index (κ3) is 3.86. The molecule has 0 aromatic heterocycles. The van der Waals surface area contributed by atoms with Gasteiger partial charge in [-0.25, -0.2) is 0 Å². The minimum absolute atomic E-state index is 0.291. The van der Waals surface area contributed by atoms with Crippen molar-refractivity contribution in [1.29, 1.82) is 0 Å². The van der Waals surface area contributed by atoms with E-state index in [1.54, 1.807) is 24.3 Å². The highest BCUT2D eigenvalue weighted by molar-refractivity contribution is 5.35. The topological polar surface area (TPSA) is 63.4 Å². The summed E-state index contributed by atoms with van der Waals surface area (Å²) < 4.78 is 12.8. The minimum atomic E-state index is -0.752. The van der Waals surface area contributed by atoms with Gasteiger partial charge in [-0.05, 0) is 24.6 Å². The van der Waals surface area contributed by atoms with E-state index in [2.05, 4.69) is 0 Å². The van der Waals surface area contributed by atoms with E-state index in [0.29, 0.717) is 11.3 Å². The average Bonchev–Trinajstić information content (AvgIpc) is 2.34. The Kier molecular flexibility index (Phi) is 4.80. The molecule has 2 aromatic rings. The van der Waals surface area contributed by atoms with Crippen molar-refractivity contribution < 1.29 is 14.4 Å². The van der Waals surface area contributed by atoms with E-state index in [1.165, 1.54) is 19.1 Å². The second-order valence-corrected chi connectivity index (χ2v) is 3.50. The number of para-hydroxylation sites is 1. The van der Waals surface area contributed by atoms with Gasteiger partial charge in [0.25, 0.3) is 0 Å². The van der Waals surface area contributed by atoms with Crippen molar-refractivity contribution in [2.24, 2.45) is 0 Å². The molecule has 0 radical (unpaired) electrons. The maximum atomic E-state index is 12.8. The number of rotatable bonds is 1. The molecule has 0 amide bonds. The van der Waals surface area contributed by atoms with Crippen molar-refractivity contribution in [2.75, 3.05) is 0 Å². The van der Waals surface area contributed by atoms with Gasteiger partial charge >= 0.3 is 5.69 Å². The van der Waals surface area contributed by atoms with Gasteiger partial charge in [0.2, 0.25) is 5.82 Å². The van der Waals surface area contributed by atoms with Crippen molar-refractivity contribution in [2.45, 2.75) is 6.92 Å². The lowest BCUT2D eigenvalue weighted by atomic mass is 10.2. The summed E-state index contributed by atoms with van der Waals surface area (Å²) in [6.07, 6.45) is 0. The molecule has 0 saturated carbocycles. The Balaban J connectivity index is 0.000000199. The average molecular weight is 249 g/mol. The van der Waals surface area contributed by atoms with Crippen LogP contribution in [0.15, 0.2) is 48.5 Å². The van der Waals surface area contributed by atoms with Gasteiger partial charge in [0.1, 0.15) is 5.75 Å². The van der Waals surface area contributed by atoms with Crippen molar-refractivity contribution in [1.82, 2.24) is 0 Å². The highest BCUT2D eigenvalue weighted by atomic mass is 19.1. The maximum absolute atomic E-state index is 12.8. The largest absolute Gasteiger partial charge is 0.508 e. The van der Waals surface area contributed by atoms with E-state index in [1.807, 2.05) is 6.07 Å². The fraction of sp³-hybridized carbons (Fsp3) is 0.0769. The minimum Gasteiger partial charge on any atom is -0.508 e. The molecule has 5 heteroatoms. The molecule has 0 unspecified atom stereocenters. The summed E-state index contributed by atoms with van der Waals surface area (Å²) in [6.45, 7) is 1.49. The van der Waals surface area contributed by atoms with Gasteiger partial charge < -0.3 is 5.11 Å². The predicted molar refractivity (Wildman–Crippen MR) is 65.9 cm³/mol. The number of nitrogens with zero attached hydrogens (tertiary/aromatic N) is 1. The number of phenols is 1. The summed E-state index contributed by atoms with van der Waals surface area (Å²) in [5.74, 6) is -0.431. The van der Waals surface area contributed by atoms with Gasteiger partial charge in [0, 0.05) is 6.07 Å². The number of halogens is 1. The first-order chi connectivity index (χ1) is 8.52. The molecule has 0 heterocycles. The monoisotopic (exact) mass is 249 g/mol. The summed E-state index contributed by atoms with van der Waals surface area (Å²) in [5.41, 5.74) is -0.177. The van der Waals surface area contributed by atoms with Crippen molar-refractivity contribution in [3.8, 4) is 5.75 Å². The van der Waals surface area contributed by atoms with Crippen LogP contribution in [0, 0.1) is 22.9 Å². The van der Waals surface area contributed by atoms with Gasteiger partial charge in [0.15, 0.2) is 0 Å². The lowest BCUT2D eigenvalue weighted by molar-refractivity contribution is -0.387. The molecule has 2 rings (SSSR count). The zero-order valence-electron chi connectivity index (χ0n) is 9.71. The summed E-state index contributed by atoms with van der Waals surface area (Å²) in [7, 11) is 0. The fourth-order valence-corrected chi connectivity index (χ4v) is 1.20. The second-order valence-electron chi connectivity index (χ2n) is 3.50. The summed E-state index contributed by atoms with van der Waals surface area (Å²) >= 11 is 0. The molecule has 0 aliphatic carbocycles. The normalized spacial score (nSPS) is 9.22. The summed E-state index contributed by atoms with van der Waals surface area (Å²) in [6, 6.07) is 12.8. The Hall–Kier alpha value is -2.43. The van der Waals surface area contributed by atoms with Gasteiger partial charge in [-0.2, -0.15) is 4.39 Å². The number of hydrogen-bond acceptors (Lipinski definition) is 3. The van der Waals surface area contributed by atoms with Crippen LogP contribution in [0.25, 0.3) is 0 Å². The van der Waals surface area contributed by atoms with Gasteiger partial charge in [-0.3, -0.25) is 10.1 Å². The van der Waals surface area contributed by atoms with Crippen molar-refractivity contribution in [3.05, 3.63) is 70.0 Å². The smallest absolute Gasteiger partial charge is 0.305 e. The molecule has 1 N–H and O–H groups in total. The Morgan fingerprint density at radius 1 is 1.11 bits per heavy atom.